The molecule has 0 heterocycles. The molecule has 1 heteroatoms. The largest absolute Gasteiger partial charge is 0.319 e. The highest BCUT2D eigenvalue weighted by molar-refractivity contribution is 4.87. The van der Waals surface area contributed by atoms with Crippen LogP contribution < -0.4 is 5.32 Å². The van der Waals surface area contributed by atoms with Gasteiger partial charge in [-0.1, -0.05) is 89.9 Å². The Balaban J connectivity index is 1.77. The van der Waals surface area contributed by atoms with Gasteiger partial charge in [0.25, 0.3) is 0 Å². The molecule has 3 aliphatic rings. The lowest BCUT2D eigenvalue weighted by Crippen LogP contribution is -2.32. The summed E-state index contributed by atoms with van der Waals surface area (Å²) in [7, 11) is 2.15. The molecule has 0 spiro atoms. The van der Waals surface area contributed by atoms with Crippen LogP contribution in [0.5, 0.6) is 0 Å². The number of nitrogens with one attached hydrogen (secondary N) is 1. The van der Waals surface area contributed by atoms with Crippen LogP contribution >= 0.6 is 0 Å². The van der Waals surface area contributed by atoms with Crippen molar-refractivity contribution >= 4 is 0 Å². The zero-order valence-corrected chi connectivity index (χ0v) is 17.1. The van der Waals surface area contributed by atoms with Crippen LogP contribution in [0, 0.1) is 29.6 Å². The van der Waals surface area contributed by atoms with E-state index in [-0.39, 0.29) is 0 Å². The van der Waals surface area contributed by atoms with Gasteiger partial charge < -0.3 is 5.32 Å². The average Bonchev–Trinajstić information content (AvgIpc) is 2.83. The molecule has 3 saturated carbocycles. The molecule has 4 unspecified atom stereocenters. The van der Waals surface area contributed by atoms with E-state index in [1.54, 1.807) is 38.5 Å². The molecular weight excluding hydrogens is 302 g/mol. The lowest BCUT2D eigenvalue weighted by molar-refractivity contribution is 0.0979. The molecule has 0 saturated heterocycles. The molecule has 3 fully saturated rings. The normalized spacial score (nSPS) is 39.0. The van der Waals surface area contributed by atoms with Gasteiger partial charge in [-0.25, -0.2) is 0 Å². The Kier molecular flexibility index (Phi) is 8.64. The SMILES string of the molecule is CNC[C@H]1CCCCC2CCCCC3CCCCCCCC(CC1)C32. The lowest BCUT2D eigenvalue weighted by atomic mass is 9.65. The summed E-state index contributed by atoms with van der Waals surface area (Å²) >= 11 is 0. The Bertz CT molecular complexity index is 344. The zero-order chi connectivity index (χ0) is 17.3. The van der Waals surface area contributed by atoms with Crippen LogP contribution in [-0.4, -0.2) is 13.6 Å². The fraction of sp³-hybridized carbons (Fsp3) is 1.00. The van der Waals surface area contributed by atoms with Gasteiger partial charge in [0.05, 0.1) is 0 Å². The topological polar surface area (TPSA) is 12.0 Å². The summed E-state index contributed by atoms with van der Waals surface area (Å²) in [5.74, 6) is 5.26. The summed E-state index contributed by atoms with van der Waals surface area (Å²) in [6.45, 7) is 1.25. The monoisotopic (exact) mass is 347 g/mol. The van der Waals surface area contributed by atoms with Crippen molar-refractivity contribution in [2.45, 2.75) is 109 Å². The highest BCUT2D eigenvalue weighted by Gasteiger charge is 2.37. The van der Waals surface area contributed by atoms with Crippen molar-refractivity contribution in [3.05, 3.63) is 0 Å². The van der Waals surface area contributed by atoms with E-state index in [2.05, 4.69) is 12.4 Å². The fourth-order valence-corrected chi connectivity index (χ4v) is 6.83. The summed E-state index contributed by atoms with van der Waals surface area (Å²) in [5, 5.41) is 3.48. The predicted octanol–water partition coefficient (Wildman–Crippen LogP) is 6.96. The summed E-state index contributed by atoms with van der Waals surface area (Å²) in [6, 6.07) is 0. The Morgan fingerprint density at radius 1 is 0.520 bits per heavy atom. The van der Waals surface area contributed by atoms with Crippen LogP contribution in [0.4, 0.5) is 0 Å². The second-order valence-corrected chi connectivity index (χ2v) is 9.77. The molecule has 0 aromatic rings. The first-order valence-electron chi connectivity index (χ1n) is 12.0. The van der Waals surface area contributed by atoms with E-state index in [0.29, 0.717) is 0 Å². The molecule has 146 valence electrons. The fourth-order valence-electron chi connectivity index (χ4n) is 6.83. The summed E-state index contributed by atoms with van der Waals surface area (Å²) < 4.78 is 0. The minimum atomic E-state index is 0.946. The third kappa shape index (κ3) is 5.98. The van der Waals surface area contributed by atoms with Crippen molar-refractivity contribution in [2.24, 2.45) is 29.6 Å². The van der Waals surface area contributed by atoms with Gasteiger partial charge in [0, 0.05) is 0 Å². The molecule has 0 aliphatic heterocycles. The maximum absolute atomic E-state index is 3.48. The first-order valence-corrected chi connectivity index (χ1v) is 12.0. The van der Waals surface area contributed by atoms with Crippen LogP contribution in [0.25, 0.3) is 0 Å². The molecular formula is C24H45N. The molecule has 1 nitrogen and oxygen atoms in total. The van der Waals surface area contributed by atoms with Gasteiger partial charge in [-0.2, -0.15) is 0 Å². The van der Waals surface area contributed by atoms with E-state index in [4.69, 9.17) is 0 Å². The van der Waals surface area contributed by atoms with Crippen LogP contribution in [-0.2, 0) is 0 Å². The molecule has 0 bridgehead atoms. The Hall–Kier alpha value is -0.0400. The molecule has 5 atom stereocenters. The quantitative estimate of drug-likeness (QED) is 0.569. The van der Waals surface area contributed by atoms with Crippen molar-refractivity contribution in [1.29, 1.82) is 0 Å². The Morgan fingerprint density at radius 2 is 0.960 bits per heavy atom. The van der Waals surface area contributed by atoms with E-state index < -0.39 is 0 Å². The molecule has 1 N–H and O–H groups in total. The van der Waals surface area contributed by atoms with E-state index >= 15 is 0 Å². The summed E-state index contributed by atoms with van der Waals surface area (Å²) in [5.41, 5.74) is 0. The van der Waals surface area contributed by atoms with Gasteiger partial charge in [0.1, 0.15) is 0 Å². The van der Waals surface area contributed by atoms with E-state index in [9.17, 15) is 0 Å². The summed E-state index contributed by atoms with van der Waals surface area (Å²) in [4.78, 5) is 0. The Morgan fingerprint density at radius 3 is 1.52 bits per heavy atom. The molecule has 0 aromatic heterocycles. The minimum Gasteiger partial charge on any atom is -0.319 e. The second kappa shape index (κ2) is 11.0. The third-order valence-electron chi connectivity index (χ3n) is 8.06. The van der Waals surface area contributed by atoms with Crippen molar-refractivity contribution in [3.63, 3.8) is 0 Å². The van der Waals surface area contributed by atoms with Crippen LogP contribution in [0.1, 0.15) is 109 Å². The lowest BCUT2D eigenvalue weighted by Gasteiger charge is -2.40. The predicted molar refractivity (Wildman–Crippen MR) is 110 cm³/mol. The van der Waals surface area contributed by atoms with E-state index in [0.717, 1.165) is 29.6 Å². The maximum Gasteiger partial charge on any atom is -0.00235 e. The van der Waals surface area contributed by atoms with Crippen molar-refractivity contribution in [3.8, 4) is 0 Å². The standard InChI is InChI=1S/C24H45N/c1-25-19-20-11-7-8-14-22-16-10-9-15-21-12-5-3-2-4-6-13-23(18-17-20)24(21)22/h20-25H,2-19H2,1H3/t20-,21?,22?,23?,24?/m0/s1. The third-order valence-corrected chi connectivity index (χ3v) is 8.06. The van der Waals surface area contributed by atoms with E-state index in [1.807, 2.05) is 0 Å². The molecule has 25 heavy (non-hydrogen) atoms. The molecule has 0 aromatic carbocycles. The molecule has 3 rings (SSSR count). The molecule has 0 amide bonds. The van der Waals surface area contributed by atoms with E-state index in [1.165, 1.54) is 77.2 Å². The molecule has 3 aliphatic carbocycles. The van der Waals surface area contributed by atoms with Crippen LogP contribution in [0.15, 0.2) is 0 Å². The van der Waals surface area contributed by atoms with Crippen molar-refractivity contribution in [2.75, 3.05) is 13.6 Å². The summed E-state index contributed by atoms with van der Waals surface area (Å²) in [6.07, 6.45) is 26.0. The maximum atomic E-state index is 3.48. The first kappa shape index (κ1) is 19.7. The van der Waals surface area contributed by atoms with Crippen molar-refractivity contribution in [1.82, 2.24) is 5.32 Å². The van der Waals surface area contributed by atoms with Gasteiger partial charge in [-0.05, 0) is 62.4 Å². The van der Waals surface area contributed by atoms with Gasteiger partial charge >= 0.3 is 0 Å². The number of hydrogen-bond donors (Lipinski definition) is 1. The smallest absolute Gasteiger partial charge is 0.00235 e. The first-order chi connectivity index (χ1) is 12.4. The van der Waals surface area contributed by atoms with Crippen LogP contribution in [0.2, 0.25) is 0 Å². The Labute approximate surface area is 158 Å². The minimum absolute atomic E-state index is 0.946. The second-order valence-electron chi connectivity index (χ2n) is 9.77. The van der Waals surface area contributed by atoms with Crippen molar-refractivity contribution < 1.29 is 0 Å². The van der Waals surface area contributed by atoms with Gasteiger partial charge in [0.2, 0.25) is 0 Å². The average molecular weight is 348 g/mol. The highest BCUT2D eigenvalue weighted by atomic mass is 14.8. The number of hydrogen-bond acceptors (Lipinski definition) is 1. The van der Waals surface area contributed by atoms with Gasteiger partial charge in [-0.15, -0.1) is 0 Å². The van der Waals surface area contributed by atoms with Gasteiger partial charge in [0.15, 0.2) is 0 Å². The molecule has 0 radical (unpaired) electrons. The highest BCUT2D eigenvalue weighted by Crippen LogP contribution is 2.47. The van der Waals surface area contributed by atoms with Crippen LogP contribution in [0.3, 0.4) is 0 Å². The van der Waals surface area contributed by atoms with Gasteiger partial charge in [-0.3, -0.25) is 0 Å². The zero-order valence-electron chi connectivity index (χ0n) is 17.1. The number of rotatable bonds is 2.